The van der Waals surface area contributed by atoms with Crippen molar-refractivity contribution in [1.29, 1.82) is 0 Å². The highest BCUT2D eigenvalue weighted by atomic mass is 16.4. The molecule has 0 saturated carbocycles. The van der Waals surface area contributed by atoms with Gasteiger partial charge in [-0.3, -0.25) is 14.5 Å². The third-order valence-electron chi connectivity index (χ3n) is 3.67. The van der Waals surface area contributed by atoms with Crippen molar-refractivity contribution in [3.05, 3.63) is 29.8 Å². The maximum Gasteiger partial charge on any atom is 0.308 e. The molecule has 1 aliphatic heterocycles. The lowest BCUT2D eigenvalue weighted by Crippen LogP contribution is -2.46. The normalized spacial score (nSPS) is 23.4. The van der Waals surface area contributed by atoms with Crippen LogP contribution in [0.5, 0.6) is 5.75 Å². The lowest BCUT2D eigenvalue weighted by atomic mass is 9.85. The van der Waals surface area contributed by atoms with Crippen LogP contribution in [0.1, 0.15) is 12.0 Å². The van der Waals surface area contributed by atoms with Gasteiger partial charge in [-0.25, -0.2) is 0 Å². The van der Waals surface area contributed by atoms with E-state index >= 15 is 0 Å². The first-order valence-corrected chi connectivity index (χ1v) is 6.43. The molecule has 0 spiro atoms. The summed E-state index contributed by atoms with van der Waals surface area (Å²) in [7, 11) is 0. The number of nitrogens with zero attached hydrogens (tertiary/aromatic N) is 1. The second-order valence-electron chi connectivity index (χ2n) is 5.08. The number of hydrogen-bond acceptors (Lipinski definition) is 4. The van der Waals surface area contributed by atoms with Crippen LogP contribution < -0.4 is 0 Å². The molecule has 1 fully saturated rings. The maximum absolute atomic E-state index is 11.2. The number of carboxylic acids is 2. The fraction of sp³-hybridized carbons (Fsp3) is 0.429. The van der Waals surface area contributed by atoms with Gasteiger partial charge in [-0.2, -0.15) is 0 Å². The second kappa shape index (κ2) is 5.92. The van der Waals surface area contributed by atoms with Crippen molar-refractivity contribution in [2.75, 3.05) is 13.1 Å². The van der Waals surface area contributed by atoms with Crippen LogP contribution in [0.4, 0.5) is 0 Å². The Hall–Kier alpha value is -2.08. The minimum absolute atomic E-state index is 0.182. The van der Waals surface area contributed by atoms with Crippen LogP contribution in [0, 0.1) is 11.8 Å². The summed E-state index contributed by atoms with van der Waals surface area (Å²) in [6.45, 7) is 1.34. The number of hydrogen-bond donors (Lipinski definition) is 3. The average molecular weight is 279 g/mol. The molecule has 1 aliphatic rings. The van der Waals surface area contributed by atoms with Crippen LogP contribution in [0.2, 0.25) is 0 Å². The zero-order valence-corrected chi connectivity index (χ0v) is 10.9. The molecule has 3 N–H and O–H groups in total. The molecule has 1 aromatic rings. The number of rotatable bonds is 4. The van der Waals surface area contributed by atoms with Crippen LogP contribution >= 0.6 is 0 Å². The molecule has 1 aromatic carbocycles. The van der Waals surface area contributed by atoms with E-state index in [1.807, 2.05) is 4.90 Å². The van der Waals surface area contributed by atoms with Gasteiger partial charge < -0.3 is 15.3 Å². The summed E-state index contributed by atoms with van der Waals surface area (Å²) >= 11 is 0. The van der Waals surface area contributed by atoms with Crippen LogP contribution in [0.3, 0.4) is 0 Å². The fourth-order valence-corrected chi connectivity index (χ4v) is 2.57. The van der Waals surface area contributed by atoms with Gasteiger partial charge >= 0.3 is 11.9 Å². The summed E-state index contributed by atoms with van der Waals surface area (Å²) in [5.41, 5.74) is 0.959. The van der Waals surface area contributed by atoms with Gasteiger partial charge in [0.25, 0.3) is 0 Å². The molecule has 0 amide bonds. The first-order chi connectivity index (χ1) is 9.47. The van der Waals surface area contributed by atoms with E-state index in [0.717, 1.165) is 5.56 Å². The Bertz CT molecular complexity index is 499. The Kier molecular flexibility index (Phi) is 4.24. The van der Waals surface area contributed by atoms with Gasteiger partial charge in [-0.1, -0.05) is 12.1 Å². The molecule has 2 rings (SSSR count). The van der Waals surface area contributed by atoms with Crippen molar-refractivity contribution in [3.63, 3.8) is 0 Å². The molecule has 2 atom stereocenters. The second-order valence-corrected chi connectivity index (χ2v) is 5.08. The lowest BCUT2D eigenvalue weighted by Gasteiger charge is -2.34. The predicted molar refractivity (Wildman–Crippen MR) is 70.3 cm³/mol. The number of phenolic OH excluding ortho intramolecular Hbond substituents is 1. The topological polar surface area (TPSA) is 98.1 Å². The van der Waals surface area contributed by atoms with Crippen molar-refractivity contribution >= 4 is 11.9 Å². The molecule has 0 radical (unpaired) electrons. The molecule has 2 unspecified atom stereocenters. The number of benzene rings is 1. The highest BCUT2D eigenvalue weighted by Gasteiger charge is 2.38. The van der Waals surface area contributed by atoms with E-state index in [9.17, 15) is 14.7 Å². The van der Waals surface area contributed by atoms with Crippen LogP contribution in [-0.4, -0.2) is 45.2 Å². The number of phenols is 1. The summed E-state index contributed by atoms with van der Waals surface area (Å²) < 4.78 is 0. The van der Waals surface area contributed by atoms with E-state index in [2.05, 4.69) is 0 Å². The molecule has 1 heterocycles. The molecule has 6 nitrogen and oxygen atoms in total. The van der Waals surface area contributed by atoms with Gasteiger partial charge in [0.05, 0.1) is 11.8 Å². The minimum Gasteiger partial charge on any atom is -0.508 e. The molecule has 0 aromatic heterocycles. The van der Waals surface area contributed by atoms with E-state index in [0.29, 0.717) is 19.5 Å². The van der Waals surface area contributed by atoms with Crippen LogP contribution in [0.15, 0.2) is 24.3 Å². The third kappa shape index (κ3) is 3.27. The van der Waals surface area contributed by atoms with Gasteiger partial charge in [0.15, 0.2) is 0 Å². The fourth-order valence-electron chi connectivity index (χ4n) is 2.57. The first-order valence-electron chi connectivity index (χ1n) is 6.43. The van der Waals surface area contributed by atoms with E-state index in [4.69, 9.17) is 10.2 Å². The maximum atomic E-state index is 11.2. The minimum atomic E-state index is -1.06. The summed E-state index contributed by atoms with van der Waals surface area (Å²) in [5.74, 6) is -3.61. The van der Waals surface area contributed by atoms with E-state index in [1.165, 1.54) is 0 Å². The summed E-state index contributed by atoms with van der Waals surface area (Å²) in [6.07, 6.45) is 0.338. The lowest BCUT2D eigenvalue weighted by molar-refractivity contribution is -0.157. The van der Waals surface area contributed by atoms with Crippen molar-refractivity contribution in [3.8, 4) is 5.75 Å². The number of carbonyl (C=O) groups is 2. The molecule has 20 heavy (non-hydrogen) atoms. The number of piperidine rings is 1. The summed E-state index contributed by atoms with van der Waals surface area (Å²) in [5, 5.41) is 27.4. The smallest absolute Gasteiger partial charge is 0.308 e. The quantitative estimate of drug-likeness (QED) is 0.760. The summed E-state index contributed by atoms with van der Waals surface area (Å²) in [6, 6.07) is 6.70. The third-order valence-corrected chi connectivity index (χ3v) is 3.67. The number of likely N-dealkylation sites (tertiary alicyclic amines) is 1. The highest BCUT2D eigenvalue weighted by Crippen LogP contribution is 2.25. The van der Waals surface area contributed by atoms with E-state index in [1.54, 1.807) is 24.3 Å². The summed E-state index contributed by atoms with van der Waals surface area (Å²) in [4.78, 5) is 24.2. The Morgan fingerprint density at radius 1 is 1.10 bits per heavy atom. The monoisotopic (exact) mass is 279 g/mol. The average Bonchev–Trinajstić information content (AvgIpc) is 2.41. The van der Waals surface area contributed by atoms with Gasteiger partial charge in [-0.05, 0) is 30.7 Å². The number of aromatic hydroxyl groups is 1. The van der Waals surface area contributed by atoms with E-state index < -0.39 is 23.8 Å². The Morgan fingerprint density at radius 2 is 1.70 bits per heavy atom. The van der Waals surface area contributed by atoms with Crippen molar-refractivity contribution in [2.24, 2.45) is 11.8 Å². The van der Waals surface area contributed by atoms with Gasteiger partial charge in [-0.15, -0.1) is 0 Å². The van der Waals surface area contributed by atoms with Crippen molar-refractivity contribution in [1.82, 2.24) is 4.90 Å². The van der Waals surface area contributed by atoms with Gasteiger partial charge in [0, 0.05) is 13.1 Å². The standard InChI is InChI=1S/C14H17NO5/c16-10-3-1-9(2-4-10)7-15-6-5-11(13(17)18)12(8-15)14(19)20/h1-4,11-12,16H,5-8H2,(H,17,18)(H,19,20). The highest BCUT2D eigenvalue weighted by molar-refractivity contribution is 5.80. The largest absolute Gasteiger partial charge is 0.508 e. The van der Waals surface area contributed by atoms with E-state index in [-0.39, 0.29) is 12.3 Å². The Labute approximate surface area is 116 Å². The van der Waals surface area contributed by atoms with Crippen LogP contribution in [0.25, 0.3) is 0 Å². The predicted octanol–water partition coefficient (Wildman–Crippen LogP) is 0.999. The van der Waals surface area contributed by atoms with Gasteiger partial charge in [0.1, 0.15) is 5.75 Å². The molecule has 0 aliphatic carbocycles. The molecular formula is C14H17NO5. The first kappa shape index (κ1) is 14.3. The van der Waals surface area contributed by atoms with Crippen LogP contribution in [-0.2, 0) is 16.1 Å². The van der Waals surface area contributed by atoms with Crippen molar-refractivity contribution in [2.45, 2.75) is 13.0 Å². The zero-order valence-electron chi connectivity index (χ0n) is 10.9. The van der Waals surface area contributed by atoms with Gasteiger partial charge in [0.2, 0.25) is 0 Å². The molecule has 1 saturated heterocycles. The number of carboxylic acid groups (broad SMARTS) is 2. The molecule has 0 bridgehead atoms. The molecular weight excluding hydrogens is 262 g/mol. The Morgan fingerprint density at radius 3 is 2.25 bits per heavy atom. The zero-order chi connectivity index (χ0) is 14.7. The number of aliphatic carboxylic acids is 2. The molecule has 108 valence electrons. The SMILES string of the molecule is O=C(O)C1CCN(Cc2ccc(O)cc2)CC1C(=O)O. The van der Waals surface area contributed by atoms with Crippen molar-refractivity contribution < 1.29 is 24.9 Å². The Balaban J connectivity index is 2.03. The molecule has 6 heteroatoms.